The van der Waals surface area contributed by atoms with Crippen molar-refractivity contribution in [1.29, 1.82) is 0 Å². The van der Waals surface area contributed by atoms with Crippen LogP contribution in [0.1, 0.15) is 31.7 Å². The van der Waals surface area contributed by atoms with E-state index in [2.05, 4.69) is 35.2 Å². The van der Waals surface area contributed by atoms with Gasteiger partial charge in [0.1, 0.15) is 0 Å². The van der Waals surface area contributed by atoms with Crippen LogP contribution in [0.25, 0.3) is 0 Å². The maximum atomic E-state index is 11.7. The van der Waals surface area contributed by atoms with Crippen molar-refractivity contribution in [3.63, 3.8) is 0 Å². The van der Waals surface area contributed by atoms with E-state index in [4.69, 9.17) is 0 Å². The van der Waals surface area contributed by atoms with Crippen molar-refractivity contribution in [2.24, 2.45) is 0 Å². The summed E-state index contributed by atoms with van der Waals surface area (Å²) >= 11 is 0. The molecule has 1 aliphatic heterocycles. The zero-order valence-corrected chi connectivity index (χ0v) is 11.8. The first kappa shape index (κ1) is 14.1. The third-order valence-corrected chi connectivity index (χ3v) is 3.71. The number of nitrogens with zero attached hydrogens (tertiary/aromatic N) is 2. The lowest BCUT2D eigenvalue weighted by atomic mass is 10.2. The second kappa shape index (κ2) is 7.29. The molecular formula is C16H24N2O. The summed E-state index contributed by atoms with van der Waals surface area (Å²) in [7, 11) is 0. The van der Waals surface area contributed by atoms with Crippen LogP contribution in [0.5, 0.6) is 0 Å². The monoisotopic (exact) mass is 260 g/mol. The lowest BCUT2D eigenvalue weighted by Gasteiger charge is -2.30. The highest BCUT2D eigenvalue weighted by Gasteiger charge is 2.15. The lowest BCUT2D eigenvalue weighted by Crippen LogP contribution is -2.39. The van der Waals surface area contributed by atoms with Crippen LogP contribution in [0.2, 0.25) is 0 Å². The van der Waals surface area contributed by atoms with Crippen LogP contribution in [0.3, 0.4) is 0 Å². The van der Waals surface area contributed by atoms with Gasteiger partial charge in [0, 0.05) is 39.1 Å². The molecule has 0 saturated carbocycles. The molecule has 0 aliphatic carbocycles. The van der Waals surface area contributed by atoms with Crippen LogP contribution in [-0.2, 0) is 11.3 Å². The fraction of sp³-hybridized carbons (Fsp3) is 0.562. The van der Waals surface area contributed by atoms with Gasteiger partial charge in [-0.15, -0.1) is 0 Å². The van der Waals surface area contributed by atoms with Gasteiger partial charge in [-0.05, 0) is 18.4 Å². The van der Waals surface area contributed by atoms with Crippen molar-refractivity contribution in [3.8, 4) is 0 Å². The molecule has 0 bridgehead atoms. The molecule has 1 amide bonds. The summed E-state index contributed by atoms with van der Waals surface area (Å²) in [4.78, 5) is 16.2. The first-order valence-corrected chi connectivity index (χ1v) is 7.33. The van der Waals surface area contributed by atoms with Gasteiger partial charge in [-0.1, -0.05) is 37.3 Å². The Bertz CT molecular complexity index is 381. The molecule has 3 heteroatoms. The van der Waals surface area contributed by atoms with Crippen LogP contribution >= 0.6 is 0 Å². The molecule has 0 spiro atoms. The van der Waals surface area contributed by atoms with Crippen LogP contribution < -0.4 is 0 Å². The fourth-order valence-electron chi connectivity index (χ4n) is 2.67. The molecule has 3 nitrogen and oxygen atoms in total. The summed E-state index contributed by atoms with van der Waals surface area (Å²) in [6, 6.07) is 10.6. The summed E-state index contributed by atoms with van der Waals surface area (Å²) in [6.07, 6.45) is 2.80. The number of rotatable bonds is 3. The largest absolute Gasteiger partial charge is 0.343 e. The second-order valence-corrected chi connectivity index (χ2v) is 5.20. The standard InChI is InChI=1S/C16H24N2O/c1-2-16(19)18-12-6-10-17(11-7-13-18)14-15-8-4-3-5-9-15/h3-5,8-9H,2,6-7,10-14H2,1H3. The molecule has 0 unspecified atom stereocenters. The van der Waals surface area contributed by atoms with Gasteiger partial charge in [0.25, 0.3) is 0 Å². The first-order valence-electron chi connectivity index (χ1n) is 7.33. The van der Waals surface area contributed by atoms with E-state index >= 15 is 0 Å². The molecule has 1 fully saturated rings. The highest BCUT2D eigenvalue weighted by atomic mass is 16.2. The van der Waals surface area contributed by atoms with Crippen LogP contribution in [0, 0.1) is 0 Å². The molecule has 1 aromatic carbocycles. The zero-order valence-electron chi connectivity index (χ0n) is 11.8. The van der Waals surface area contributed by atoms with E-state index in [9.17, 15) is 4.79 Å². The van der Waals surface area contributed by atoms with E-state index in [1.54, 1.807) is 0 Å². The number of benzene rings is 1. The Balaban J connectivity index is 1.83. The highest BCUT2D eigenvalue weighted by molar-refractivity contribution is 5.75. The third-order valence-electron chi connectivity index (χ3n) is 3.71. The quantitative estimate of drug-likeness (QED) is 0.834. The Kier molecular flexibility index (Phi) is 5.40. The average molecular weight is 260 g/mol. The van der Waals surface area contributed by atoms with Crippen molar-refractivity contribution < 1.29 is 4.79 Å². The van der Waals surface area contributed by atoms with Crippen molar-refractivity contribution in [1.82, 2.24) is 9.80 Å². The summed E-state index contributed by atoms with van der Waals surface area (Å²) in [6.45, 7) is 6.98. The van der Waals surface area contributed by atoms with Gasteiger partial charge >= 0.3 is 0 Å². The minimum atomic E-state index is 0.302. The van der Waals surface area contributed by atoms with Crippen LogP contribution in [-0.4, -0.2) is 41.9 Å². The molecule has 19 heavy (non-hydrogen) atoms. The van der Waals surface area contributed by atoms with E-state index < -0.39 is 0 Å². The molecule has 1 aliphatic rings. The van der Waals surface area contributed by atoms with E-state index in [0.717, 1.165) is 45.6 Å². The molecule has 2 rings (SSSR count). The lowest BCUT2D eigenvalue weighted by molar-refractivity contribution is -0.131. The number of carbonyl (C=O) groups excluding carboxylic acids is 1. The fourth-order valence-corrected chi connectivity index (χ4v) is 2.67. The topological polar surface area (TPSA) is 23.6 Å². The molecule has 0 atom stereocenters. The molecular weight excluding hydrogens is 236 g/mol. The van der Waals surface area contributed by atoms with Gasteiger partial charge in [0.05, 0.1) is 0 Å². The average Bonchev–Trinajstić information content (AvgIpc) is 2.42. The van der Waals surface area contributed by atoms with E-state index in [1.165, 1.54) is 5.56 Å². The van der Waals surface area contributed by atoms with Crippen molar-refractivity contribution >= 4 is 5.91 Å². The number of hydrogen-bond donors (Lipinski definition) is 0. The molecule has 1 saturated heterocycles. The molecule has 0 aromatic heterocycles. The van der Waals surface area contributed by atoms with Gasteiger partial charge in [0.2, 0.25) is 5.91 Å². The predicted octanol–water partition coefficient (Wildman–Crippen LogP) is 2.52. The normalized spacial score (nSPS) is 17.8. The Morgan fingerprint density at radius 1 is 1.05 bits per heavy atom. The van der Waals surface area contributed by atoms with E-state index in [0.29, 0.717) is 12.3 Å². The van der Waals surface area contributed by atoms with Crippen LogP contribution in [0.15, 0.2) is 30.3 Å². The molecule has 0 radical (unpaired) electrons. The molecule has 104 valence electrons. The number of amides is 1. The van der Waals surface area contributed by atoms with Crippen LogP contribution in [0.4, 0.5) is 0 Å². The van der Waals surface area contributed by atoms with Gasteiger partial charge in [0.15, 0.2) is 0 Å². The minimum absolute atomic E-state index is 0.302. The molecule has 1 heterocycles. The Morgan fingerprint density at radius 3 is 2.26 bits per heavy atom. The van der Waals surface area contributed by atoms with Gasteiger partial charge in [-0.25, -0.2) is 0 Å². The van der Waals surface area contributed by atoms with E-state index in [-0.39, 0.29) is 0 Å². The highest BCUT2D eigenvalue weighted by Crippen LogP contribution is 2.10. The third kappa shape index (κ3) is 4.35. The molecule has 0 N–H and O–H groups in total. The Morgan fingerprint density at radius 2 is 1.68 bits per heavy atom. The zero-order chi connectivity index (χ0) is 13.5. The summed E-state index contributed by atoms with van der Waals surface area (Å²) in [5, 5.41) is 0. The first-order chi connectivity index (χ1) is 9.29. The second-order valence-electron chi connectivity index (χ2n) is 5.20. The Labute approximate surface area is 116 Å². The maximum absolute atomic E-state index is 11.7. The minimum Gasteiger partial charge on any atom is -0.343 e. The SMILES string of the molecule is CCC(=O)N1CCCN(Cc2ccccc2)CCC1. The van der Waals surface area contributed by atoms with Gasteiger partial charge in [-0.2, -0.15) is 0 Å². The van der Waals surface area contributed by atoms with E-state index in [1.807, 2.05) is 11.8 Å². The van der Waals surface area contributed by atoms with Gasteiger partial charge < -0.3 is 4.90 Å². The van der Waals surface area contributed by atoms with Crippen molar-refractivity contribution in [3.05, 3.63) is 35.9 Å². The smallest absolute Gasteiger partial charge is 0.222 e. The Hall–Kier alpha value is -1.35. The molecule has 1 aromatic rings. The summed E-state index contributed by atoms with van der Waals surface area (Å²) in [5.74, 6) is 0.302. The maximum Gasteiger partial charge on any atom is 0.222 e. The van der Waals surface area contributed by atoms with Crippen molar-refractivity contribution in [2.45, 2.75) is 32.7 Å². The van der Waals surface area contributed by atoms with Crippen molar-refractivity contribution in [2.75, 3.05) is 26.2 Å². The number of hydrogen-bond acceptors (Lipinski definition) is 2. The predicted molar refractivity (Wildman–Crippen MR) is 77.8 cm³/mol. The summed E-state index contributed by atoms with van der Waals surface area (Å²) < 4.78 is 0. The summed E-state index contributed by atoms with van der Waals surface area (Å²) in [5.41, 5.74) is 1.38. The number of carbonyl (C=O) groups is 1. The van der Waals surface area contributed by atoms with Gasteiger partial charge in [-0.3, -0.25) is 9.69 Å².